The predicted molar refractivity (Wildman–Crippen MR) is 101 cm³/mol. The lowest BCUT2D eigenvalue weighted by atomic mass is 9.87. The summed E-state index contributed by atoms with van der Waals surface area (Å²) in [6.45, 7) is 1.75. The number of carbonyl (C=O) groups is 1. The second-order valence-corrected chi connectivity index (χ2v) is 7.10. The Hall–Kier alpha value is -2.77. The Morgan fingerprint density at radius 3 is 2.62 bits per heavy atom. The molecule has 0 saturated heterocycles. The highest BCUT2D eigenvalue weighted by atomic mass is 16.5. The van der Waals surface area contributed by atoms with Crippen LogP contribution in [-0.4, -0.2) is 36.6 Å². The summed E-state index contributed by atoms with van der Waals surface area (Å²) < 4.78 is 5.98. The van der Waals surface area contributed by atoms with Crippen LogP contribution < -0.4 is 26.0 Å². The number of fused-ring (bicyclic) bond motifs is 1. The lowest BCUT2D eigenvalue weighted by molar-refractivity contribution is -0.125. The van der Waals surface area contributed by atoms with Gasteiger partial charge in [0.1, 0.15) is 5.66 Å². The Morgan fingerprint density at radius 2 is 1.88 bits per heavy atom. The number of anilines is 2. The summed E-state index contributed by atoms with van der Waals surface area (Å²) >= 11 is 0. The molecule has 1 amide bonds. The molecule has 0 radical (unpaired) electrons. The molecule has 3 aliphatic rings. The van der Waals surface area contributed by atoms with Gasteiger partial charge in [-0.15, -0.1) is 0 Å². The molecule has 4 N–H and O–H groups in total. The van der Waals surface area contributed by atoms with Gasteiger partial charge in [-0.2, -0.15) is 4.99 Å². The zero-order chi connectivity index (χ0) is 18.5. The Labute approximate surface area is 152 Å². The smallest absolute Gasteiger partial charge is 0.267 e. The van der Waals surface area contributed by atoms with Gasteiger partial charge in [0.15, 0.2) is 11.9 Å². The standard InChI is InChI=1S/C18H24N6O2/c1-11-15(25)23(2)12-7-6-8-13(14(12)26-11)24-17(20)21-16(19)22-18(24)9-4-3-5-10-18/h6-8,11H,3-5,9-10H2,1-2H3,(H4,19,20,21,22). The number of aliphatic imine (C=N–C) groups is 2. The molecule has 2 aliphatic heterocycles. The largest absolute Gasteiger partial charge is 0.476 e. The lowest BCUT2D eigenvalue weighted by Crippen LogP contribution is -2.58. The molecule has 138 valence electrons. The minimum atomic E-state index is -0.563. The minimum Gasteiger partial charge on any atom is -0.476 e. The van der Waals surface area contributed by atoms with Crippen molar-refractivity contribution in [1.29, 1.82) is 0 Å². The number of nitrogens with zero attached hydrogens (tertiary/aromatic N) is 4. The number of ether oxygens (including phenoxy) is 1. The van der Waals surface area contributed by atoms with Crippen molar-refractivity contribution >= 4 is 29.2 Å². The molecule has 1 spiro atoms. The lowest BCUT2D eigenvalue weighted by Gasteiger charge is -2.46. The van der Waals surface area contributed by atoms with Crippen molar-refractivity contribution in [2.24, 2.45) is 21.5 Å². The number of likely N-dealkylation sites (N-methyl/N-ethyl adjacent to an activating group) is 1. The van der Waals surface area contributed by atoms with Crippen molar-refractivity contribution in [2.45, 2.75) is 50.8 Å². The highest BCUT2D eigenvalue weighted by molar-refractivity contribution is 6.08. The maximum atomic E-state index is 12.3. The fourth-order valence-electron chi connectivity index (χ4n) is 4.16. The van der Waals surface area contributed by atoms with Crippen molar-refractivity contribution in [3.05, 3.63) is 18.2 Å². The van der Waals surface area contributed by atoms with E-state index in [9.17, 15) is 4.79 Å². The number of benzene rings is 1. The first-order chi connectivity index (χ1) is 12.4. The molecule has 0 aromatic heterocycles. The van der Waals surface area contributed by atoms with E-state index in [1.807, 2.05) is 23.1 Å². The summed E-state index contributed by atoms with van der Waals surface area (Å²) in [4.78, 5) is 24.7. The van der Waals surface area contributed by atoms with Crippen LogP contribution >= 0.6 is 0 Å². The summed E-state index contributed by atoms with van der Waals surface area (Å²) in [5, 5.41) is 0. The number of guanidine groups is 2. The molecule has 26 heavy (non-hydrogen) atoms. The molecule has 1 unspecified atom stereocenters. The second kappa shape index (κ2) is 5.89. The van der Waals surface area contributed by atoms with E-state index in [-0.39, 0.29) is 11.9 Å². The predicted octanol–water partition coefficient (Wildman–Crippen LogP) is 1.54. The van der Waals surface area contributed by atoms with Crippen LogP contribution in [0.3, 0.4) is 0 Å². The summed E-state index contributed by atoms with van der Waals surface area (Å²) in [6.07, 6.45) is 4.39. The van der Waals surface area contributed by atoms with Crippen LogP contribution in [0.1, 0.15) is 39.0 Å². The molecule has 1 atom stereocenters. The SMILES string of the molecule is CC1Oc2c(cccc2N2C(N)=NC(N)=NC23CCCCC3)N(C)C1=O. The normalized spacial score (nSPS) is 24.7. The summed E-state index contributed by atoms with van der Waals surface area (Å²) in [7, 11) is 1.75. The number of amides is 1. The molecule has 4 rings (SSSR count). The zero-order valence-electron chi connectivity index (χ0n) is 15.1. The van der Waals surface area contributed by atoms with E-state index in [0.717, 1.165) is 31.4 Å². The number of rotatable bonds is 1. The molecule has 0 bridgehead atoms. The van der Waals surface area contributed by atoms with Gasteiger partial charge in [0, 0.05) is 7.05 Å². The average molecular weight is 356 g/mol. The average Bonchev–Trinajstić information content (AvgIpc) is 2.60. The first-order valence-electron chi connectivity index (χ1n) is 9.00. The van der Waals surface area contributed by atoms with Crippen LogP contribution in [0.2, 0.25) is 0 Å². The summed E-state index contributed by atoms with van der Waals surface area (Å²) in [6, 6.07) is 5.69. The Morgan fingerprint density at radius 1 is 1.19 bits per heavy atom. The van der Waals surface area contributed by atoms with Gasteiger partial charge < -0.3 is 21.1 Å². The van der Waals surface area contributed by atoms with E-state index >= 15 is 0 Å². The number of carbonyl (C=O) groups excluding carboxylic acids is 1. The van der Waals surface area contributed by atoms with Crippen LogP contribution in [0.25, 0.3) is 0 Å². The number of hydrogen-bond acceptors (Lipinski definition) is 7. The van der Waals surface area contributed by atoms with Gasteiger partial charge in [0.05, 0.1) is 11.4 Å². The molecule has 1 fully saturated rings. The van der Waals surface area contributed by atoms with Crippen molar-refractivity contribution in [2.75, 3.05) is 16.8 Å². The van der Waals surface area contributed by atoms with Crippen molar-refractivity contribution in [3.8, 4) is 5.75 Å². The van der Waals surface area contributed by atoms with E-state index in [1.54, 1.807) is 18.9 Å². The van der Waals surface area contributed by atoms with Crippen LogP contribution in [0.4, 0.5) is 11.4 Å². The number of hydrogen-bond donors (Lipinski definition) is 2. The third-order valence-corrected chi connectivity index (χ3v) is 5.40. The van der Waals surface area contributed by atoms with Gasteiger partial charge in [-0.05, 0) is 44.7 Å². The van der Waals surface area contributed by atoms with Gasteiger partial charge in [-0.1, -0.05) is 12.5 Å². The van der Waals surface area contributed by atoms with Crippen LogP contribution in [-0.2, 0) is 4.79 Å². The second-order valence-electron chi connectivity index (χ2n) is 7.10. The Balaban J connectivity index is 1.87. The van der Waals surface area contributed by atoms with Crippen LogP contribution in [0, 0.1) is 0 Å². The van der Waals surface area contributed by atoms with Gasteiger partial charge in [0.2, 0.25) is 11.9 Å². The number of nitrogens with two attached hydrogens (primary N) is 2. The molecule has 2 heterocycles. The van der Waals surface area contributed by atoms with Crippen LogP contribution in [0.15, 0.2) is 28.2 Å². The van der Waals surface area contributed by atoms with Crippen LogP contribution in [0.5, 0.6) is 5.75 Å². The zero-order valence-corrected chi connectivity index (χ0v) is 15.1. The molecule has 1 saturated carbocycles. The van der Waals surface area contributed by atoms with Crippen molar-refractivity contribution in [3.63, 3.8) is 0 Å². The Bertz CT molecular complexity index is 812. The third-order valence-electron chi connectivity index (χ3n) is 5.40. The fourth-order valence-corrected chi connectivity index (χ4v) is 4.16. The maximum absolute atomic E-state index is 12.3. The summed E-state index contributed by atoms with van der Waals surface area (Å²) in [5.74, 6) is 1.07. The van der Waals surface area contributed by atoms with Gasteiger partial charge in [0.25, 0.3) is 5.91 Å². The first kappa shape index (κ1) is 16.7. The monoisotopic (exact) mass is 356 g/mol. The molecular formula is C18H24N6O2. The fraction of sp³-hybridized carbons (Fsp3) is 0.500. The van der Waals surface area contributed by atoms with E-state index in [1.165, 1.54) is 6.42 Å². The topological polar surface area (TPSA) is 110 Å². The highest BCUT2D eigenvalue weighted by Gasteiger charge is 2.45. The van der Waals surface area contributed by atoms with Crippen molar-refractivity contribution < 1.29 is 9.53 Å². The maximum Gasteiger partial charge on any atom is 0.267 e. The van der Waals surface area contributed by atoms with E-state index in [0.29, 0.717) is 17.4 Å². The summed E-state index contributed by atoms with van der Waals surface area (Å²) in [5.41, 5.74) is 13.2. The molecule has 1 aliphatic carbocycles. The Kier molecular flexibility index (Phi) is 3.78. The van der Waals surface area contributed by atoms with E-state index in [2.05, 4.69) is 4.99 Å². The van der Waals surface area contributed by atoms with Crippen molar-refractivity contribution in [1.82, 2.24) is 0 Å². The van der Waals surface area contributed by atoms with Gasteiger partial charge in [-0.3, -0.25) is 9.69 Å². The minimum absolute atomic E-state index is 0.0791. The molecule has 8 heteroatoms. The molecular weight excluding hydrogens is 332 g/mol. The first-order valence-corrected chi connectivity index (χ1v) is 9.00. The van der Waals surface area contributed by atoms with E-state index in [4.69, 9.17) is 21.2 Å². The number of para-hydroxylation sites is 1. The van der Waals surface area contributed by atoms with Gasteiger partial charge >= 0.3 is 0 Å². The molecule has 1 aromatic rings. The third kappa shape index (κ3) is 2.40. The molecule has 8 nitrogen and oxygen atoms in total. The highest BCUT2D eigenvalue weighted by Crippen LogP contribution is 2.47. The molecule has 1 aromatic carbocycles. The van der Waals surface area contributed by atoms with Gasteiger partial charge in [-0.25, -0.2) is 4.99 Å². The quantitative estimate of drug-likeness (QED) is 0.793. The van der Waals surface area contributed by atoms with E-state index < -0.39 is 11.8 Å².